The monoisotopic (exact) mass is 291 g/mol. The standard InChI is InChI=1S/C15H17NO3S/c1-9(2)11-13(15(17)18)20-14(16-11)12(19-3)10-7-5-4-6-8-10/h4-9,12H,1-3H3,(H,17,18). The molecule has 4 nitrogen and oxygen atoms in total. The Morgan fingerprint density at radius 2 is 1.95 bits per heavy atom. The zero-order valence-electron chi connectivity index (χ0n) is 11.7. The molecule has 1 heterocycles. The average molecular weight is 291 g/mol. The maximum absolute atomic E-state index is 11.3. The van der Waals surface area contributed by atoms with Crippen molar-refractivity contribution >= 4 is 17.3 Å². The van der Waals surface area contributed by atoms with Crippen LogP contribution >= 0.6 is 11.3 Å². The minimum absolute atomic E-state index is 0.0689. The summed E-state index contributed by atoms with van der Waals surface area (Å²) in [6.45, 7) is 3.88. The van der Waals surface area contributed by atoms with Gasteiger partial charge in [-0.3, -0.25) is 0 Å². The lowest BCUT2D eigenvalue weighted by Gasteiger charge is -2.12. The number of hydrogen-bond donors (Lipinski definition) is 1. The molecule has 1 unspecified atom stereocenters. The zero-order valence-corrected chi connectivity index (χ0v) is 12.5. The van der Waals surface area contributed by atoms with Gasteiger partial charge < -0.3 is 9.84 Å². The first-order valence-corrected chi connectivity index (χ1v) is 7.18. The smallest absolute Gasteiger partial charge is 0.347 e. The van der Waals surface area contributed by atoms with Gasteiger partial charge in [-0.05, 0) is 11.5 Å². The van der Waals surface area contributed by atoms with Crippen LogP contribution in [-0.4, -0.2) is 23.2 Å². The quantitative estimate of drug-likeness (QED) is 0.912. The topological polar surface area (TPSA) is 59.4 Å². The van der Waals surface area contributed by atoms with Crippen LogP contribution in [0.3, 0.4) is 0 Å². The van der Waals surface area contributed by atoms with Crippen LogP contribution in [0.4, 0.5) is 0 Å². The maximum Gasteiger partial charge on any atom is 0.347 e. The van der Waals surface area contributed by atoms with E-state index in [0.29, 0.717) is 15.6 Å². The number of nitrogens with zero attached hydrogens (tertiary/aromatic N) is 1. The van der Waals surface area contributed by atoms with Crippen LogP contribution < -0.4 is 0 Å². The number of ether oxygens (including phenoxy) is 1. The third-order valence-corrected chi connectivity index (χ3v) is 4.08. The molecule has 1 aromatic heterocycles. The first-order chi connectivity index (χ1) is 9.54. The Hall–Kier alpha value is -1.72. The predicted molar refractivity (Wildman–Crippen MR) is 78.5 cm³/mol. The van der Waals surface area contributed by atoms with Crippen molar-refractivity contribution in [2.45, 2.75) is 25.9 Å². The van der Waals surface area contributed by atoms with Crippen molar-refractivity contribution in [1.29, 1.82) is 0 Å². The Labute approximate surface area is 122 Å². The lowest BCUT2D eigenvalue weighted by atomic mass is 10.1. The molecule has 106 valence electrons. The second-order valence-electron chi connectivity index (χ2n) is 4.75. The summed E-state index contributed by atoms with van der Waals surface area (Å²) >= 11 is 1.19. The number of methoxy groups -OCH3 is 1. The normalized spacial score (nSPS) is 12.6. The number of benzene rings is 1. The fourth-order valence-corrected chi connectivity index (χ4v) is 3.18. The molecule has 2 aromatic rings. The van der Waals surface area contributed by atoms with Crippen molar-refractivity contribution < 1.29 is 14.6 Å². The lowest BCUT2D eigenvalue weighted by Crippen LogP contribution is -2.03. The molecule has 0 saturated heterocycles. The highest BCUT2D eigenvalue weighted by atomic mass is 32.1. The summed E-state index contributed by atoms with van der Waals surface area (Å²) in [5.41, 5.74) is 1.59. The molecule has 0 fully saturated rings. The van der Waals surface area contributed by atoms with Gasteiger partial charge in [0.1, 0.15) is 16.0 Å². The van der Waals surface area contributed by atoms with Crippen molar-refractivity contribution in [3.8, 4) is 0 Å². The molecule has 2 rings (SSSR count). The van der Waals surface area contributed by atoms with Crippen LogP contribution in [0, 0.1) is 0 Å². The number of aromatic nitrogens is 1. The van der Waals surface area contributed by atoms with Crippen LogP contribution in [0.1, 0.15) is 51.8 Å². The average Bonchev–Trinajstić information content (AvgIpc) is 2.86. The molecule has 0 spiro atoms. The maximum atomic E-state index is 11.3. The molecule has 1 atom stereocenters. The molecule has 0 aliphatic rings. The molecule has 0 saturated carbocycles. The van der Waals surface area contributed by atoms with Crippen LogP contribution in [0.5, 0.6) is 0 Å². The Bertz CT molecular complexity index is 592. The summed E-state index contributed by atoms with van der Waals surface area (Å²) in [4.78, 5) is 16.1. The molecule has 0 bridgehead atoms. The summed E-state index contributed by atoms with van der Waals surface area (Å²) in [6, 6.07) is 9.68. The van der Waals surface area contributed by atoms with E-state index in [9.17, 15) is 9.90 Å². The molecule has 0 radical (unpaired) electrons. The molecular formula is C15H17NO3S. The van der Waals surface area contributed by atoms with Crippen molar-refractivity contribution in [3.63, 3.8) is 0 Å². The number of rotatable bonds is 5. The van der Waals surface area contributed by atoms with Gasteiger partial charge in [0.2, 0.25) is 0 Å². The molecule has 1 aromatic carbocycles. The fourth-order valence-electron chi connectivity index (χ4n) is 2.01. The summed E-state index contributed by atoms with van der Waals surface area (Å²) in [5, 5.41) is 9.96. The molecule has 20 heavy (non-hydrogen) atoms. The second kappa shape index (κ2) is 6.15. The predicted octanol–water partition coefficient (Wildman–Crippen LogP) is 3.70. The Balaban J connectivity index is 2.46. The van der Waals surface area contributed by atoms with Crippen LogP contribution in [0.2, 0.25) is 0 Å². The Morgan fingerprint density at radius 1 is 1.30 bits per heavy atom. The van der Waals surface area contributed by atoms with Crippen LogP contribution in [0.25, 0.3) is 0 Å². The van der Waals surface area contributed by atoms with Gasteiger partial charge in [-0.25, -0.2) is 9.78 Å². The first kappa shape index (κ1) is 14.7. The number of carbonyl (C=O) groups is 1. The molecule has 0 aliphatic carbocycles. The van der Waals surface area contributed by atoms with E-state index in [-0.39, 0.29) is 12.0 Å². The van der Waals surface area contributed by atoms with E-state index in [1.54, 1.807) is 7.11 Å². The second-order valence-corrected chi connectivity index (χ2v) is 5.78. The SMILES string of the molecule is COC(c1ccccc1)c1nc(C(C)C)c(C(=O)O)s1. The molecular weight excluding hydrogens is 274 g/mol. The zero-order chi connectivity index (χ0) is 14.7. The summed E-state index contributed by atoms with van der Waals surface area (Å²) in [7, 11) is 1.61. The van der Waals surface area contributed by atoms with Gasteiger partial charge in [0, 0.05) is 7.11 Å². The molecule has 0 amide bonds. The number of aromatic carboxylic acids is 1. The first-order valence-electron chi connectivity index (χ1n) is 6.36. The molecule has 0 aliphatic heterocycles. The summed E-state index contributed by atoms with van der Waals surface area (Å²) in [6.07, 6.45) is -0.327. The van der Waals surface area contributed by atoms with Crippen molar-refractivity contribution in [1.82, 2.24) is 4.98 Å². The minimum atomic E-state index is -0.930. The van der Waals surface area contributed by atoms with E-state index in [1.807, 2.05) is 44.2 Å². The van der Waals surface area contributed by atoms with Gasteiger partial charge in [-0.2, -0.15) is 0 Å². The molecule has 1 N–H and O–H groups in total. The summed E-state index contributed by atoms with van der Waals surface area (Å²) < 4.78 is 5.51. The highest BCUT2D eigenvalue weighted by molar-refractivity contribution is 7.13. The van der Waals surface area contributed by atoms with Gasteiger partial charge in [0.15, 0.2) is 0 Å². The van der Waals surface area contributed by atoms with Crippen molar-refractivity contribution in [2.24, 2.45) is 0 Å². The van der Waals surface area contributed by atoms with Gasteiger partial charge in [0.05, 0.1) is 5.69 Å². The van der Waals surface area contributed by atoms with E-state index < -0.39 is 5.97 Å². The highest BCUT2D eigenvalue weighted by Gasteiger charge is 2.24. The van der Waals surface area contributed by atoms with E-state index >= 15 is 0 Å². The lowest BCUT2D eigenvalue weighted by molar-refractivity contribution is 0.0700. The van der Waals surface area contributed by atoms with Gasteiger partial charge >= 0.3 is 5.97 Å². The van der Waals surface area contributed by atoms with E-state index in [1.165, 1.54) is 11.3 Å². The minimum Gasteiger partial charge on any atom is -0.477 e. The van der Waals surface area contributed by atoms with Gasteiger partial charge in [-0.15, -0.1) is 11.3 Å². The van der Waals surface area contributed by atoms with Crippen LogP contribution in [0.15, 0.2) is 30.3 Å². The number of carboxylic acids is 1. The summed E-state index contributed by atoms with van der Waals surface area (Å²) in [5.74, 6) is -0.861. The van der Waals surface area contributed by atoms with E-state index in [4.69, 9.17) is 4.74 Å². The molecule has 5 heteroatoms. The largest absolute Gasteiger partial charge is 0.477 e. The number of hydrogen-bond acceptors (Lipinski definition) is 4. The third kappa shape index (κ3) is 2.89. The number of thiazole rings is 1. The van der Waals surface area contributed by atoms with Crippen molar-refractivity contribution in [3.05, 3.63) is 51.5 Å². The van der Waals surface area contributed by atoms with E-state index in [2.05, 4.69) is 4.98 Å². The van der Waals surface area contributed by atoms with Gasteiger partial charge in [0.25, 0.3) is 0 Å². The fraction of sp³-hybridized carbons (Fsp3) is 0.333. The number of carboxylic acid groups (broad SMARTS) is 1. The highest BCUT2D eigenvalue weighted by Crippen LogP contribution is 2.33. The van der Waals surface area contributed by atoms with Crippen LogP contribution in [-0.2, 0) is 4.74 Å². The Morgan fingerprint density at radius 3 is 2.40 bits per heavy atom. The Kier molecular flexibility index (Phi) is 4.52. The van der Waals surface area contributed by atoms with Crippen molar-refractivity contribution in [2.75, 3.05) is 7.11 Å². The van der Waals surface area contributed by atoms with E-state index in [0.717, 1.165) is 5.56 Å². The van der Waals surface area contributed by atoms with Gasteiger partial charge in [-0.1, -0.05) is 44.2 Å². The third-order valence-electron chi connectivity index (χ3n) is 2.97.